The number of carbonyl (C=O) groups is 2. The molecule has 1 unspecified atom stereocenters. The van der Waals surface area contributed by atoms with E-state index in [-0.39, 0.29) is 17.7 Å². The number of aryl methyl sites for hydroxylation is 1. The highest BCUT2D eigenvalue weighted by atomic mass is 16.4. The van der Waals surface area contributed by atoms with Crippen LogP contribution in [0.15, 0.2) is 12.5 Å². The number of rotatable bonds is 2. The Morgan fingerprint density at radius 1 is 1.36 bits per heavy atom. The first-order valence-electron chi connectivity index (χ1n) is 7.95. The average Bonchev–Trinajstić information content (AvgIpc) is 3.29. The molecule has 2 heterocycles. The molecule has 116 valence electrons. The molecule has 1 aliphatic heterocycles. The smallest absolute Gasteiger partial charge is 0.329 e. The molecule has 1 amide bonds. The Morgan fingerprint density at radius 3 is 3.05 bits per heavy atom. The van der Waals surface area contributed by atoms with Gasteiger partial charge in [0, 0.05) is 24.4 Å². The zero-order chi connectivity index (χ0) is 15.3. The van der Waals surface area contributed by atoms with Gasteiger partial charge in [0.2, 0.25) is 5.91 Å². The summed E-state index contributed by atoms with van der Waals surface area (Å²) in [5, 5.41) is 9.60. The molecule has 3 atom stereocenters. The van der Waals surface area contributed by atoms with Gasteiger partial charge in [0.05, 0.1) is 0 Å². The van der Waals surface area contributed by atoms with Gasteiger partial charge in [0.1, 0.15) is 11.9 Å². The van der Waals surface area contributed by atoms with E-state index in [9.17, 15) is 14.7 Å². The van der Waals surface area contributed by atoms with Crippen molar-refractivity contribution < 1.29 is 14.7 Å². The minimum atomic E-state index is -0.900. The third-order valence-electron chi connectivity index (χ3n) is 5.55. The second-order valence-corrected chi connectivity index (χ2v) is 6.70. The van der Waals surface area contributed by atoms with Gasteiger partial charge >= 0.3 is 5.97 Å². The topological polar surface area (TPSA) is 83.4 Å². The number of hydrogen-bond acceptors (Lipinski definition) is 4. The largest absolute Gasteiger partial charge is 0.479 e. The Bertz CT molecular complexity index is 647. The van der Waals surface area contributed by atoms with E-state index in [0.717, 1.165) is 36.9 Å². The first-order chi connectivity index (χ1) is 10.6. The fourth-order valence-electron chi connectivity index (χ4n) is 4.26. The van der Waals surface area contributed by atoms with Crippen molar-refractivity contribution in [3.8, 4) is 0 Å². The maximum absolute atomic E-state index is 12.9. The molecule has 0 radical (unpaired) electrons. The number of carboxylic acid groups (broad SMARTS) is 1. The second kappa shape index (κ2) is 4.76. The van der Waals surface area contributed by atoms with Crippen molar-refractivity contribution in [2.24, 2.45) is 11.8 Å². The monoisotopic (exact) mass is 301 g/mol. The lowest BCUT2D eigenvalue weighted by Gasteiger charge is -2.37. The summed E-state index contributed by atoms with van der Waals surface area (Å²) in [5.41, 5.74) is 1.15. The van der Waals surface area contributed by atoms with Crippen molar-refractivity contribution >= 4 is 11.9 Å². The molecule has 0 aromatic carbocycles. The minimum absolute atomic E-state index is 0.0131. The fourth-order valence-corrected chi connectivity index (χ4v) is 4.26. The van der Waals surface area contributed by atoms with Crippen molar-refractivity contribution in [1.82, 2.24) is 14.9 Å². The van der Waals surface area contributed by atoms with E-state index in [1.807, 2.05) is 0 Å². The number of fused-ring (bicyclic) bond motifs is 2. The van der Waals surface area contributed by atoms with E-state index in [4.69, 9.17) is 0 Å². The summed E-state index contributed by atoms with van der Waals surface area (Å²) in [7, 11) is 0. The number of nitrogens with zero attached hydrogens (tertiary/aromatic N) is 3. The normalized spacial score (nSPS) is 32.8. The Kier molecular flexibility index (Phi) is 2.96. The van der Waals surface area contributed by atoms with Crippen LogP contribution in [0.2, 0.25) is 0 Å². The average molecular weight is 301 g/mol. The molecule has 6 nitrogen and oxygen atoms in total. The number of piperidine rings is 1. The minimum Gasteiger partial charge on any atom is -0.479 e. The maximum Gasteiger partial charge on any atom is 0.329 e. The van der Waals surface area contributed by atoms with Crippen molar-refractivity contribution in [3.63, 3.8) is 0 Å². The Balaban J connectivity index is 1.56. The van der Waals surface area contributed by atoms with E-state index in [0.29, 0.717) is 19.4 Å². The number of carbonyl (C=O) groups excluding carboxylic acids is 1. The van der Waals surface area contributed by atoms with Crippen LogP contribution < -0.4 is 0 Å². The van der Waals surface area contributed by atoms with Crippen molar-refractivity contribution in [2.45, 2.75) is 44.1 Å². The molecule has 2 fully saturated rings. The molecule has 6 heteroatoms. The molecule has 4 rings (SSSR count). The molecule has 1 aromatic heterocycles. The molecule has 1 saturated heterocycles. The molecule has 1 aromatic rings. The Hall–Kier alpha value is -1.98. The summed E-state index contributed by atoms with van der Waals surface area (Å²) in [6, 6.07) is 0. The predicted molar refractivity (Wildman–Crippen MR) is 77.0 cm³/mol. The van der Waals surface area contributed by atoms with Gasteiger partial charge in [0.15, 0.2) is 0 Å². The molecule has 0 bridgehead atoms. The van der Waals surface area contributed by atoms with Gasteiger partial charge in [-0.05, 0) is 50.0 Å². The van der Waals surface area contributed by atoms with Crippen LogP contribution in [0.25, 0.3) is 0 Å². The number of amides is 1. The van der Waals surface area contributed by atoms with Gasteiger partial charge in [-0.25, -0.2) is 14.8 Å². The van der Waals surface area contributed by atoms with Gasteiger partial charge in [-0.1, -0.05) is 0 Å². The number of hydrogen-bond donors (Lipinski definition) is 1. The van der Waals surface area contributed by atoms with E-state index >= 15 is 0 Å². The van der Waals surface area contributed by atoms with Crippen LogP contribution in [0.3, 0.4) is 0 Å². The molecule has 1 saturated carbocycles. The van der Waals surface area contributed by atoms with Crippen LogP contribution in [0.4, 0.5) is 0 Å². The molecule has 0 spiro atoms. The lowest BCUT2D eigenvalue weighted by molar-refractivity contribution is -0.156. The summed E-state index contributed by atoms with van der Waals surface area (Å²) >= 11 is 0. The molecular formula is C16H19N3O3. The van der Waals surface area contributed by atoms with Crippen molar-refractivity contribution in [2.75, 3.05) is 6.54 Å². The van der Waals surface area contributed by atoms with Crippen molar-refractivity contribution in [1.29, 1.82) is 0 Å². The van der Waals surface area contributed by atoms with Crippen LogP contribution in [0, 0.1) is 11.8 Å². The van der Waals surface area contributed by atoms with E-state index < -0.39 is 11.5 Å². The SMILES string of the molecule is O=C(C1CCc2ncncc2C1)N1CCC[C@@H]2C[C@@]21C(=O)O. The third-order valence-corrected chi connectivity index (χ3v) is 5.55. The van der Waals surface area contributed by atoms with Crippen LogP contribution in [-0.4, -0.2) is 43.9 Å². The summed E-state index contributed by atoms with van der Waals surface area (Å²) in [5.74, 6) is -0.791. The van der Waals surface area contributed by atoms with E-state index in [1.165, 1.54) is 0 Å². The Labute approximate surface area is 128 Å². The lowest BCUT2D eigenvalue weighted by Crippen LogP contribution is -2.53. The lowest BCUT2D eigenvalue weighted by atomic mass is 9.85. The second-order valence-electron chi connectivity index (χ2n) is 6.70. The zero-order valence-electron chi connectivity index (χ0n) is 12.4. The van der Waals surface area contributed by atoms with Crippen LogP contribution in [-0.2, 0) is 22.4 Å². The molecule has 22 heavy (non-hydrogen) atoms. The number of aromatic nitrogens is 2. The maximum atomic E-state index is 12.9. The molecular weight excluding hydrogens is 282 g/mol. The van der Waals surface area contributed by atoms with Crippen LogP contribution in [0.5, 0.6) is 0 Å². The predicted octanol–water partition coefficient (Wildman–Crippen LogP) is 1.05. The highest BCUT2D eigenvalue weighted by Crippen LogP contribution is 2.54. The van der Waals surface area contributed by atoms with Crippen LogP contribution >= 0.6 is 0 Å². The quantitative estimate of drug-likeness (QED) is 0.882. The summed E-state index contributed by atoms with van der Waals surface area (Å²) in [4.78, 5) is 34.6. The molecule has 1 N–H and O–H groups in total. The van der Waals surface area contributed by atoms with Gasteiger partial charge in [-0.15, -0.1) is 0 Å². The number of carboxylic acids is 1. The highest BCUT2D eigenvalue weighted by molar-refractivity contribution is 5.91. The molecule has 3 aliphatic rings. The third kappa shape index (κ3) is 1.86. The van der Waals surface area contributed by atoms with E-state index in [2.05, 4.69) is 9.97 Å². The van der Waals surface area contributed by atoms with Gasteiger partial charge in [-0.3, -0.25) is 4.79 Å². The Morgan fingerprint density at radius 2 is 2.23 bits per heavy atom. The fraction of sp³-hybridized carbons (Fsp3) is 0.625. The van der Waals surface area contributed by atoms with Gasteiger partial charge in [0.25, 0.3) is 0 Å². The summed E-state index contributed by atoms with van der Waals surface area (Å²) < 4.78 is 0. The molecule has 2 aliphatic carbocycles. The first-order valence-corrected chi connectivity index (χ1v) is 7.95. The highest BCUT2D eigenvalue weighted by Gasteiger charge is 2.67. The zero-order valence-corrected chi connectivity index (χ0v) is 12.4. The van der Waals surface area contributed by atoms with Gasteiger partial charge < -0.3 is 10.0 Å². The number of likely N-dealkylation sites (tertiary alicyclic amines) is 1. The van der Waals surface area contributed by atoms with Gasteiger partial charge in [-0.2, -0.15) is 0 Å². The summed E-state index contributed by atoms with van der Waals surface area (Å²) in [6.07, 6.45) is 7.94. The van der Waals surface area contributed by atoms with Crippen LogP contribution in [0.1, 0.15) is 36.9 Å². The summed E-state index contributed by atoms with van der Waals surface area (Å²) in [6.45, 7) is 0.580. The standard InChI is InChI=1S/C16H19N3O3/c20-14(10-3-4-13-11(6-10)8-17-9-18-13)19-5-1-2-12-7-16(12,19)15(21)22/h8-10,12H,1-7H2,(H,21,22)/t10?,12-,16+/m1/s1. The first kappa shape index (κ1) is 13.7. The van der Waals surface area contributed by atoms with Crippen molar-refractivity contribution in [3.05, 3.63) is 23.8 Å². The number of aliphatic carboxylic acids is 1. The van der Waals surface area contributed by atoms with E-state index in [1.54, 1.807) is 17.4 Å².